The molecule has 0 saturated heterocycles. The molecule has 1 aromatic carbocycles. The number of aryl methyl sites for hydroxylation is 1. The van der Waals surface area contributed by atoms with Crippen molar-refractivity contribution >= 4 is 17.6 Å². The predicted octanol–water partition coefficient (Wildman–Crippen LogP) is 2.60. The summed E-state index contributed by atoms with van der Waals surface area (Å²) in [5.41, 5.74) is 3.10. The van der Waals surface area contributed by atoms with Gasteiger partial charge in [-0.15, -0.1) is 0 Å². The molecular weight excluding hydrogens is 270 g/mol. The predicted molar refractivity (Wildman–Crippen MR) is 81.2 cm³/mol. The quantitative estimate of drug-likeness (QED) is 0.817. The van der Waals surface area contributed by atoms with E-state index in [1.807, 2.05) is 32.0 Å². The van der Waals surface area contributed by atoms with Gasteiger partial charge in [0.15, 0.2) is 6.10 Å². The highest BCUT2D eigenvalue weighted by Gasteiger charge is 2.23. The van der Waals surface area contributed by atoms with Crippen molar-refractivity contribution in [2.45, 2.75) is 46.8 Å². The van der Waals surface area contributed by atoms with Crippen molar-refractivity contribution < 1.29 is 19.1 Å². The lowest BCUT2D eigenvalue weighted by Gasteiger charge is -2.19. The normalized spacial score (nSPS) is 13.2. The average molecular weight is 293 g/mol. The summed E-state index contributed by atoms with van der Waals surface area (Å²) in [6, 6.07) is 5.28. The zero-order valence-electron chi connectivity index (χ0n) is 13.2. The van der Waals surface area contributed by atoms with Crippen LogP contribution in [0.25, 0.3) is 0 Å². The molecular formula is C16H23NO4. The van der Waals surface area contributed by atoms with Gasteiger partial charge in [-0.1, -0.05) is 12.1 Å². The van der Waals surface area contributed by atoms with E-state index in [1.54, 1.807) is 13.8 Å². The topological polar surface area (TPSA) is 64.6 Å². The Hall–Kier alpha value is -2.04. The van der Waals surface area contributed by atoms with Crippen LogP contribution in [0.5, 0.6) is 0 Å². The summed E-state index contributed by atoms with van der Waals surface area (Å²) < 4.78 is 9.89. The van der Waals surface area contributed by atoms with Gasteiger partial charge < -0.3 is 14.8 Å². The monoisotopic (exact) mass is 293 g/mol. The number of anilines is 1. The molecule has 0 radical (unpaired) electrons. The van der Waals surface area contributed by atoms with Gasteiger partial charge in [0.25, 0.3) is 0 Å². The van der Waals surface area contributed by atoms with E-state index in [-0.39, 0.29) is 6.61 Å². The summed E-state index contributed by atoms with van der Waals surface area (Å²) in [6.07, 6.45) is -0.902. The van der Waals surface area contributed by atoms with Crippen molar-refractivity contribution in [1.82, 2.24) is 0 Å². The molecule has 1 unspecified atom stereocenters. The highest BCUT2D eigenvalue weighted by atomic mass is 16.6. The molecule has 116 valence electrons. The molecule has 21 heavy (non-hydrogen) atoms. The summed E-state index contributed by atoms with van der Waals surface area (Å²) in [4.78, 5) is 23.4. The molecule has 0 fully saturated rings. The second kappa shape index (κ2) is 7.67. The maximum atomic E-state index is 12.0. The molecule has 0 heterocycles. The van der Waals surface area contributed by atoms with Crippen LogP contribution < -0.4 is 5.32 Å². The van der Waals surface area contributed by atoms with Gasteiger partial charge >= 0.3 is 11.9 Å². The SMILES string of the molecule is CCOC(=O)C(C)OC(=O)[C@H](C)Nc1cccc(C)c1C. The highest BCUT2D eigenvalue weighted by molar-refractivity contribution is 5.83. The number of hydrogen-bond donors (Lipinski definition) is 1. The van der Waals surface area contributed by atoms with Crippen LogP contribution in [0.3, 0.4) is 0 Å². The molecule has 0 aromatic heterocycles. The largest absolute Gasteiger partial charge is 0.463 e. The molecule has 0 aliphatic rings. The van der Waals surface area contributed by atoms with E-state index in [1.165, 1.54) is 6.92 Å². The number of carbonyl (C=O) groups excluding carboxylic acids is 2. The lowest BCUT2D eigenvalue weighted by atomic mass is 10.1. The molecule has 5 nitrogen and oxygen atoms in total. The summed E-state index contributed by atoms with van der Waals surface area (Å²) in [7, 11) is 0. The number of ether oxygens (including phenoxy) is 2. The number of nitrogens with one attached hydrogen (secondary N) is 1. The fraction of sp³-hybridized carbons (Fsp3) is 0.500. The van der Waals surface area contributed by atoms with Gasteiger partial charge in [-0.05, 0) is 51.8 Å². The molecule has 1 rings (SSSR count). The van der Waals surface area contributed by atoms with Crippen molar-refractivity contribution in [3.05, 3.63) is 29.3 Å². The molecule has 0 aliphatic carbocycles. The van der Waals surface area contributed by atoms with Crippen LogP contribution in [0.2, 0.25) is 0 Å². The maximum Gasteiger partial charge on any atom is 0.347 e. The number of rotatable bonds is 6. The third-order valence-electron chi connectivity index (χ3n) is 3.24. The fourth-order valence-electron chi connectivity index (χ4n) is 1.78. The molecule has 1 N–H and O–H groups in total. The van der Waals surface area contributed by atoms with Crippen molar-refractivity contribution in [3.8, 4) is 0 Å². The van der Waals surface area contributed by atoms with E-state index in [2.05, 4.69) is 5.32 Å². The Labute approximate surface area is 125 Å². The van der Waals surface area contributed by atoms with Gasteiger partial charge in [0, 0.05) is 5.69 Å². The van der Waals surface area contributed by atoms with Crippen molar-refractivity contribution in [1.29, 1.82) is 0 Å². The Kier molecular flexibility index (Phi) is 6.21. The van der Waals surface area contributed by atoms with E-state index in [0.29, 0.717) is 0 Å². The van der Waals surface area contributed by atoms with E-state index in [9.17, 15) is 9.59 Å². The first-order valence-corrected chi connectivity index (χ1v) is 7.06. The number of hydrogen-bond acceptors (Lipinski definition) is 5. The zero-order chi connectivity index (χ0) is 16.0. The lowest BCUT2D eigenvalue weighted by Crippen LogP contribution is -2.34. The second-order valence-corrected chi connectivity index (χ2v) is 4.94. The molecule has 0 aliphatic heterocycles. The van der Waals surface area contributed by atoms with E-state index in [4.69, 9.17) is 9.47 Å². The molecule has 1 aromatic rings. The Balaban J connectivity index is 2.63. The Morgan fingerprint density at radius 2 is 1.86 bits per heavy atom. The number of benzene rings is 1. The molecule has 0 amide bonds. The molecule has 5 heteroatoms. The lowest BCUT2D eigenvalue weighted by molar-refractivity contribution is -0.166. The summed E-state index contributed by atoms with van der Waals surface area (Å²) in [5, 5.41) is 3.10. The van der Waals surface area contributed by atoms with E-state index >= 15 is 0 Å². The van der Waals surface area contributed by atoms with Crippen molar-refractivity contribution in [2.75, 3.05) is 11.9 Å². The van der Waals surface area contributed by atoms with Gasteiger partial charge in [0.1, 0.15) is 6.04 Å². The van der Waals surface area contributed by atoms with Crippen LogP contribution in [-0.2, 0) is 19.1 Å². The van der Waals surface area contributed by atoms with Crippen LogP contribution in [0, 0.1) is 13.8 Å². The average Bonchev–Trinajstić information content (AvgIpc) is 2.43. The molecule has 0 saturated carbocycles. The van der Waals surface area contributed by atoms with Gasteiger partial charge in [-0.2, -0.15) is 0 Å². The third kappa shape index (κ3) is 4.77. The van der Waals surface area contributed by atoms with Crippen molar-refractivity contribution in [3.63, 3.8) is 0 Å². The third-order valence-corrected chi connectivity index (χ3v) is 3.24. The summed E-state index contributed by atoms with van der Waals surface area (Å²) in [6.45, 7) is 9.15. The minimum absolute atomic E-state index is 0.261. The van der Waals surface area contributed by atoms with Crippen LogP contribution in [0.1, 0.15) is 31.9 Å². The smallest absolute Gasteiger partial charge is 0.347 e. The maximum absolute atomic E-state index is 12.0. The Bertz CT molecular complexity index is 513. The molecule has 0 spiro atoms. The summed E-state index contributed by atoms with van der Waals surface area (Å²) >= 11 is 0. The first-order valence-electron chi connectivity index (χ1n) is 7.06. The summed E-state index contributed by atoms with van der Waals surface area (Å²) in [5.74, 6) is -1.03. The highest BCUT2D eigenvalue weighted by Crippen LogP contribution is 2.19. The van der Waals surface area contributed by atoms with Crippen LogP contribution >= 0.6 is 0 Å². The Morgan fingerprint density at radius 1 is 1.19 bits per heavy atom. The van der Waals surface area contributed by atoms with Crippen LogP contribution in [0.4, 0.5) is 5.69 Å². The van der Waals surface area contributed by atoms with Crippen molar-refractivity contribution in [2.24, 2.45) is 0 Å². The van der Waals surface area contributed by atoms with E-state index < -0.39 is 24.1 Å². The first-order chi connectivity index (χ1) is 9.86. The number of carbonyl (C=O) groups is 2. The van der Waals surface area contributed by atoms with Gasteiger partial charge in [-0.3, -0.25) is 0 Å². The second-order valence-electron chi connectivity index (χ2n) is 4.94. The van der Waals surface area contributed by atoms with Crippen LogP contribution in [0.15, 0.2) is 18.2 Å². The Morgan fingerprint density at radius 3 is 2.48 bits per heavy atom. The zero-order valence-corrected chi connectivity index (χ0v) is 13.2. The van der Waals surface area contributed by atoms with E-state index in [0.717, 1.165) is 16.8 Å². The molecule has 2 atom stereocenters. The van der Waals surface area contributed by atoms with Gasteiger partial charge in [0.2, 0.25) is 0 Å². The van der Waals surface area contributed by atoms with Gasteiger partial charge in [0.05, 0.1) is 6.61 Å². The standard InChI is InChI=1S/C16H23NO4/c1-6-20-16(19)13(5)21-15(18)12(4)17-14-9-7-8-10(2)11(14)3/h7-9,12-13,17H,6H2,1-5H3/t12-,13?/m0/s1. The molecule has 0 bridgehead atoms. The minimum Gasteiger partial charge on any atom is -0.463 e. The first kappa shape index (κ1) is 17.0. The minimum atomic E-state index is -0.902. The van der Waals surface area contributed by atoms with Crippen LogP contribution in [-0.4, -0.2) is 30.7 Å². The number of esters is 2. The fourth-order valence-corrected chi connectivity index (χ4v) is 1.78. The van der Waals surface area contributed by atoms with Gasteiger partial charge in [-0.25, -0.2) is 9.59 Å².